The van der Waals surface area contributed by atoms with Crippen molar-refractivity contribution in [2.75, 3.05) is 32.4 Å². The van der Waals surface area contributed by atoms with Crippen molar-refractivity contribution < 1.29 is 4.79 Å². The number of rotatable bonds is 6. The Bertz CT molecular complexity index is 421. The minimum absolute atomic E-state index is 0.0683. The molecule has 1 atom stereocenters. The third-order valence-corrected chi connectivity index (χ3v) is 4.38. The predicted octanol–water partition coefficient (Wildman–Crippen LogP) is 2.08. The van der Waals surface area contributed by atoms with E-state index in [0.29, 0.717) is 6.04 Å². The lowest BCUT2D eigenvalue weighted by atomic mass is 10.1. The first-order valence-corrected chi connectivity index (χ1v) is 7.62. The van der Waals surface area contributed by atoms with E-state index in [-0.39, 0.29) is 6.03 Å². The number of hydrogen-bond acceptors (Lipinski definition) is 3. The Hall–Kier alpha value is -1.20. The predicted molar refractivity (Wildman–Crippen MR) is 79.6 cm³/mol. The van der Waals surface area contributed by atoms with Crippen LogP contribution in [0.3, 0.4) is 0 Å². The van der Waals surface area contributed by atoms with Crippen molar-refractivity contribution in [1.82, 2.24) is 15.5 Å². The van der Waals surface area contributed by atoms with Crippen LogP contribution in [-0.4, -0.2) is 43.4 Å². The van der Waals surface area contributed by atoms with Gasteiger partial charge in [-0.2, -0.15) is 0 Å². The zero-order valence-corrected chi connectivity index (χ0v) is 12.3. The Morgan fingerprint density at radius 3 is 2.74 bits per heavy atom. The van der Waals surface area contributed by atoms with Crippen LogP contribution in [0.25, 0.3) is 0 Å². The molecule has 0 radical (unpaired) electrons. The summed E-state index contributed by atoms with van der Waals surface area (Å²) >= 11 is 1.80. The molecule has 2 N–H and O–H groups in total. The van der Waals surface area contributed by atoms with Gasteiger partial charge in [-0.3, -0.25) is 0 Å². The molecule has 1 aromatic rings. The molecule has 1 heterocycles. The number of urea groups is 1. The van der Waals surface area contributed by atoms with E-state index in [4.69, 9.17) is 0 Å². The summed E-state index contributed by atoms with van der Waals surface area (Å²) in [4.78, 5) is 14.5. The first kappa shape index (κ1) is 14.2. The van der Waals surface area contributed by atoms with Gasteiger partial charge in [-0.15, -0.1) is 11.8 Å². The van der Waals surface area contributed by atoms with Gasteiger partial charge >= 0.3 is 6.03 Å². The van der Waals surface area contributed by atoms with Crippen LogP contribution in [-0.2, 0) is 0 Å². The topological polar surface area (TPSA) is 44.4 Å². The molecular formula is C14H21N3OS. The van der Waals surface area contributed by atoms with E-state index in [2.05, 4.69) is 41.8 Å². The van der Waals surface area contributed by atoms with Crippen molar-refractivity contribution >= 4 is 17.8 Å². The molecule has 1 aliphatic heterocycles. The van der Waals surface area contributed by atoms with Gasteiger partial charge in [0.25, 0.3) is 0 Å². The van der Waals surface area contributed by atoms with Crippen LogP contribution in [0, 0.1) is 0 Å². The molecule has 1 aromatic carbocycles. The molecule has 0 saturated carbocycles. The third-order valence-electron chi connectivity index (χ3n) is 3.39. The number of thioether (sulfide) groups is 1. The van der Waals surface area contributed by atoms with Crippen molar-refractivity contribution in [2.45, 2.75) is 17.9 Å². The highest BCUT2D eigenvalue weighted by Gasteiger charge is 2.18. The molecule has 1 aliphatic rings. The first-order chi connectivity index (χ1) is 9.20. The molecule has 5 heteroatoms. The molecule has 4 nitrogen and oxygen atoms in total. The summed E-state index contributed by atoms with van der Waals surface area (Å²) in [7, 11) is 1.97. The number of amides is 2. The summed E-state index contributed by atoms with van der Waals surface area (Å²) in [6.45, 7) is 4.57. The molecule has 0 aliphatic carbocycles. The largest absolute Gasteiger partial charge is 0.336 e. The lowest BCUT2D eigenvalue weighted by Gasteiger charge is -2.14. The number of nitrogens with zero attached hydrogens (tertiary/aromatic N) is 1. The van der Waals surface area contributed by atoms with E-state index in [1.165, 1.54) is 10.5 Å². The van der Waals surface area contributed by atoms with Gasteiger partial charge in [0.1, 0.15) is 0 Å². The average Bonchev–Trinajstić information content (AvgIpc) is 2.84. The summed E-state index contributed by atoms with van der Waals surface area (Å²) in [6.07, 6.45) is 0. The second kappa shape index (κ2) is 6.82. The SMILES string of the molecule is CNC(C)c1ccc(SCCN2CCNC2=O)cc1. The zero-order chi connectivity index (χ0) is 13.7. The number of carbonyl (C=O) groups excluding carboxylic acids is 1. The molecular weight excluding hydrogens is 258 g/mol. The van der Waals surface area contributed by atoms with Crippen molar-refractivity contribution in [2.24, 2.45) is 0 Å². The van der Waals surface area contributed by atoms with Crippen LogP contribution in [0.4, 0.5) is 4.79 Å². The number of benzene rings is 1. The van der Waals surface area contributed by atoms with Crippen LogP contribution < -0.4 is 10.6 Å². The summed E-state index contributed by atoms with van der Waals surface area (Å²) in [5.74, 6) is 0.939. The van der Waals surface area contributed by atoms with Gasteiger partial charge < -0.3 is 15.5 Å². The Balaban J connectivity index is 1.78. The van der Waals surface area contributed by atoms with Gasteiger partial charge in [-0.25, -0.2) is 4.79 Å². The Kier molecular flexibility index (Phi) is 5.10. The number of hydrogen-bond donors (Lipinski definition) is 2. The maximum absolute atomic E-state index is 11.4. The smallest absolute Gasteiger partial charge is 0.317 e. The molecule has 0 spiro atoms. The van der Waals surface area contributed by atoms with Crippen LogP contribution >= 0.6 is 11.8 Å². The minimum atomic E-state index is 0.0683. The Morgan fingerprint density at radius 2 is 2.16 bits per heavy atom. The summed E-state index contributed by atoms with van der Waals surface area (Å²) in [5.41, 5.74) is 1.30. The van der Waals surface area contributed by atoms with Gasteiger partial charge in [0.2, 0.25) is 0 Å². The third kappa shape index (κ3) is 3.88. The Labute approximate surface area is 118 Å². The fourth-order valence-corrected chi connectivity index (χ4v) is 2.89. The molecule has 2 amide bonds. The maximum Gasteiger partial charge on any atom is 0.317 e. The standard InChI is InChI=1S/C14H21N3OS/c1-11(15-2)12-3-5-13(6-4-12)19-10-9-17-8-7-16-14(17)18/h3-6,11,15H,7-10H2,1-2H3,(H,16,18). The van der Waals surface area contributed by atoms with Crippen LogP contribution in [0.15, 0.2) is 29.2 Å². The van der Waals surface area contributed by atoms with Crippen molar-refractivity contribution in [1.29, 1.82) is 0 Å². The van der Waals surface area contributed by atoms with Crippen LogP contribution in [0.1, 0.15) is 18.5 Å². The minimum Gasteiger partial charge on any atom is -0.336 e. The van der Waals surface area contributed by atoms with E-state index in [1.807, 2.05) is 11.9 Å². The number of nitrogens with one attached hydrogen (secondary N) is 2. The van der Waals surface area contributed by atoms with Gasteiger partial charge in [-0.1, -0.05) is 12.1 Å². The molecule has 2 rings (SSSR count). The van der Waals surface area contributed by atoms with Crippen LogP contribution in [0.2, 0.25) is 0 Å². The molecule has 1 saturated heterocycles. The van der Waals surface area contributed by atoms with Gasteiger partial charge in [0, 0.05) is 36.3 Å². The highest BCUT2D eigenvalue weighted by Crippen LogP contribution is 2.21. The second-order valence-corrected chi connectivity index (χ2v) is 5.82. The van der Waals surface area contributed by atoms with Crippen molar-refractivity contribution in [3.05, 3.63) is 29.8 Å². The van der Waals surface area contributed by atoms with Gasteiger partial charge in [-0.05, 0) is 31.7 Å². The number of carbonyl (C=O) groups is 1. The lowest BCUT2D eigenvalue weighted by Crippen LogP contribution is -2.30. The summed E-state index contributed by atoms with van der Waals surface area (Å²) < 4.78 is 0. The normalized spacial score (nSPS) is 16.5. The maximum atomic E-state index is 11.4. The summed E-state index contributed by atoms with van der Waals surface area (Å²) in [5, 5.41) is 6.04. The molecule has 1 fully saturated rings. The summed E-state index contributed by atoms with van der Waals surface area (Å²) in [6, 6.07) is 9.07. The van der Waals surface area contributed by atoms with E-state index >= 15 is 0 Å². The highest BCUT2D eigenvalue weighted by molar-refractivity contribution is 7.99. The molecule has 104 valence electrons. The molecule has 19 heavy (non-hydrogen) atoms. The van der Waals surface area contributed by atoms with Crippen molar-refractivity contribution in [3.63, 3.8) is 0 Å². The van der Waals surface area contributed by atoms with Crippen LogP contribution in [0.5, 0.6) is 0 Å². The van der Waals surface area contributed by atoms with E-state index in [9.17, 15) is 4.79 Å². The fraction of sp³-hybridized carbons (Fsp3) is 0.500. The molecule has 0 aromatic heterocycles. The van der Waals surface area contributed by atoms with Crippen molar-refractivity contribution in [3.8, 4) is 0 Å². The average molecular weight is 279 g/mol. The van der Waals surface area contributed by atoms with E-state index in [0.717, 1.165) is 25.4 Å². The first-order valence-electron chi connectivity index (χ1n) is 6.63. The second-order valence-electron chi connectivity index (χ2n) is 4.65. The quantitative estimate of drug-likeness (QED) is 0.784. The van der Waals surface area contributed by atoms with Gasteiger partial charge in [0.05, 0.1) is 0 Å². The zero-order valence-electron chi connectivity index (χ0n) is 11.5. The van der Waals surface area contributed by atoms with E-state index < -0.39 is 0 Å². The van der Waals surface area contributed by atoms with E-state index in [1.54, 1.807) is 11.8 Å². The molecule has 1 unspecified atom stereocenters. The lowest BCUT2D eigenvalue weighted by molar-refractivity contribution is 0.220. The fourth-order valence-electron chi connectivity index (χ4n) is 2.02. The highest BCUT2D eigenvalue weighted by atomic mass is 32.2. The molecule has 0 bridgehead atoms. The van der Waals surface area contributed by atoms with Gasteiger partial charge in [0.15, 0.2) is 0 Å². The monoisotopic (exact) mass is 279 g/mol. The Morgan fingerprint density at radius 1 is 1.42 bits per heavy atom.